The second-order valence-electron chi connectivity index (χ2n) is 4.19. The highest BCUT2D eigenvalue weighted by Crippen LogP contribution is 2.18. The van der Waals surface area contributed by atoms with Crippen molar-refractivity contribution in [1.29, 1.82) is 0 Å². The van der Waals surface area contributed by atoms with Gasteiger partial charge in [-0.2, -0.15) is 0 Å². The van der Waals surface area contributed by atoms with Crippen LogP contribution in [0.25, 0.3) is 0 Å². The highest BCUT2D eigenvalue weighted by Gasteiger charge is 2.24. The number of anilines is 1. The molecule has 0 spiro atoms. The van der Waals surface area contributed by atoms with Gasteiger partial charge >= 0.3 is 0 Å². The molecule has 1 aromatic rings. The summed E-state index contributed by atoms with van der Waals surface area (Å²) < 4.78 is 0. The summed E-state index contributed by atoms with van der Waals surface area (Å²) >= 11 is 5.82. The zero-order chi connectivity index (χ0) is 13.1. The summed E-state index contributed by atoms with van der Waals surface area (Å²) in [5, 5.41) is 5.80. The molecule has 1 atom stereocenters. The van der Waals surface area contributed by atoms with Gasteiger partial charge in [-0.1, -0.05) is 11.6 Å². The maximum absolute atomic E-state index is 12.0. The second-order valence-corrected chi connectivity index (χ2v) is 4.63. The minimum atomic E-state index is -0.496. The van der Waals surface area contributed by atoms with E-state index in [1.54, 1.807) is 12.1 Å². The van der Waals surface area contributed by atoms with E-state index in [1.165, 1.54) is 6.07 Å². The zero-order valence-corrected chi connectivity index (χ0v) is 10.5. The van der Waals surface area contributed by atoms with Crippen LogP contribution in [0.2, 0.25) is 5.02 Å². The fourth-order valence-electron chi connectivity index (χ4n) is 1.87. The Morgan fingerprint density at radius 2 is 2.28 bits per heavy atom. The molecule has 1 saturated heterocycles. The van der Waals surface area contributed by atoms with E-state index in [4.69, 9.17) is 17.3 Å². The van der Waals surface area contributed by atoms with E-state index in [0.29, 0.717) is 29.2 Å². The van der Waals surface area contributed by atoms with E-state index in [2.05, 4.69) is 10.6 Å². The number of carbonyl (C=O) groups excluding carboxylic acids is 2. The summed E-state index contributed by atoms with van der Waals surface area (Å²) in [4.78, 5) is 23.5. The van der Waals surface area contributed by atoms with Gasteiger partial charge in [-0.3, -0.25) is 9.59 Å². The Bertz CT molecular complexity index is 490. The number of nitrogens with one attached hydrogen (secondary N) is 2. The number of amides is 2. The van der Waals surface area contributed by atoms with E-state index in [1.807, 2.05) is 0 Å². The Hall–Kier alpha value is -1.75. The fourth-order valence-corrected chi connectivity index (χ4v) is 2.04. The quantitative estimate of drug-likeness (QED) is 0.697. The molecule has 2 amide bonds. The largest absolute Gasteiger partial charge is 0.398 e. The van der Waals surface area contributed by atoms with Crippen LogP contribution in [0.5, 0.6) is 0 Å². The average Bonchev–Trinajstić information content (AvgIpc) is 2.35. The lowest BCUT2D eigenvalue weighted by molar-refractivity contribution is -0.124. The molecule has 6 heteroatoms. The molecule has 0 bridgehead atoms. The molecule has 1 aliphatic heterocycles. The topological polar surface area (TPSA) is 84.2 Å². The molecule has 5 nitrogen and oxygen atoms in total. The van der Waals surface area contributed by atoms with Gasteiger partial charge in [0, 0.05) is 17.3 Å². The first-order valence-electron chi connectivity index (χ1n) is 5.71. The van der Waals surface area contributed by atoms with E-state index in [0.717, 1.165) is 6.42 Å². The van der Waals surface area contributed by atoms with Crippen LogP contribution in [-0.2, 0) is 4.79 Å². The van der Waals surface area contributed by atoms with Gasteiger partial charge in [0.05, 0.1) is 5.56 Å². The molecule has 0 saturated carbocycles. The lowest BCUT2D eigenvalue weighted by Gasteiger charge is -2.23. The highest BCUT2D eigenvalue weighted by atomic mass is 35.5. The molecule has 18 heavy (non-hydrogen) atoms. The maximum Gasteiger partial charge on any atom is 0.254 e. The smallest absolute Gasteiger partial charge is 0.254 e. The lowest BCUT2D eigenvalue weighted by Crippen LogP contribution is -2.50. The van der Waals surface area contributed by atoms with Gasteiger partial charge in [0.15, 0.2) is 0 Å². The normalized spacial score (nSPS) is 19.2. The van der Waals surface area contributed by atoms with Crippen LogP contribution in [-0.4, -0.2) is 24.4 Å². The maximum atomic E-state index is 12.0. The Balaban J connectivity index is 2.11. The Labute approximate surface area is 110 Å². The van der Waals surface area contributed by atoms with E-state index < -0.39 is 6.04 Å². The average molecular weight is 268 g/mol. The predicted molar refractivity (Wildman–Crippen MR) is 69.4 cm³/mol. The van der Waals surface area contributed by atoms with Crippen LogP contribution in [0.15, 0.2) is 18.2 Å². The summed E-state index contributed by atoms with van der Waals surface area (Å²) in [7, 11) is 0. The van der Waals surface area contributed by atoms with E-state index in [-0.39, 0.29) is 11.8 Å². The SMILES string of the molecule is Nc1ccc(Cl)cc1C(=O)NC1CCCNC1=O. The third kappa shape index (κ3) is 2.73. The summed E-state index contributed by atoms with van der Waals surface area (Å²) in [5.74, 6) is -0.535. The molecule has 0 radical (unpaired) electrons. The number of piperidine rings is 1. The number of benzene rings is 1. The van der Waals surface area contributed by atoms with Crippen LogP contribution in [0.4, 0.5) is 5.69 Å². The number of rotatable bonds is 2. The van der Waals surface area contributed by atoms with Gasteiger partial charge in [-0.15, -0.1) is 0 Å². The van der Waals surface area contributed by atoms with Crippen LogP contribution in [0.3, 0.4) is 0 Å². The standard InChI is InChI=1S/C12H14ClN3O2/c13-7-3-4-9(14)8(6-7)11(17)16-10-2-1-5-15-12(10)18/h3-4,6,10H,1-2,5,14H2,(H,15,18)(H,16,17). The van der Waals surface area contributed by atoms with Crippen molar-refractivity contribution >= 4 is 29.1 Å². The summed E-state index contributed by atoms with van der Waals surface area (Å²) in [6.07, 6.45) is 1.49. The Morgan fingerprint density at radius 3 is 3.00 bits per heavy atom. The van der Waals surface area contributed by atoms with Gasteiger partial charge in [-0.05, 0) is 31.0 Å². The minimum Gasteiger partial charge on any atom is -0.398 e. The van der Waals surface area contributed by atoms with Crippen molar-refractivity contribution in [3.05, 3.63) is 28.8 Å². The molecule has 1 fully saturated rings. The lowest BCUT2D eigenvalue weighted by atomic mass is 10.1. The van der Waals surface area contributed by atoms with Crippen molar-refractivity contribution in [3.63, 3.8) is 0 Å². The molecule has 96 valence electrons. The van der Waals surface area contributed by atoms with Gasteiger partial charge < -0.3 is 16.4 Å². The van der Waals surface area contributed by atoms with Gasteiger partial charge in [0.2, 0.25) is 5.91 Å². The van der Waals surface area contributed by atoms with Crippen LogP contribution < -0.4 is 16.4 Å². The number of halogens is 1. The third-order valence-corrected chi connectivity index (χ3v) is 3.09. The van der Waals surface area contributed by atoms with Crippen molar-refractivity contribution in [3.8, 4) is 0 Å². The molecule has 4 N–H and O–H groups in total. The minimum absolute atomic E-state index is 0.157. The van der Waals surface area contributed by atoms with Gasteiger partial charge in [0.25, 0.3) is 5.91 Å². The van der Waals surface area contributed by atoms with Gasteiger partial charge in [-0.25, -0.2) is 0 Å². The van der Waals surface area contributed by atoms with Crippen molar-refractivity contribution < 1.29 is 9.59 Å². The first kappa shape index (κ1) is 12.7. The molecule has 1 heterocycles. The molecule has 1 unspecified atom stereocenters. The third-order valence-electron chi connectivity index (χ3n) is 2.85. The number of hydrogen-bond donors (Lipinski definition) is 3. The van der Waals surface area contributed by atoms with E-state index in [9.17, 15) is 9.59 Å². The van der Waals surface area contributed by atoms with Gasteiger partial charge in [0.1, 0.15) is 6.04 Å². The van der Waals surface area contributed by atoms with Crippen LogP contribution >= 0.6 is 11.6 Å². The summed E-state index contributed by atoms with van der Waals surface area (Å²) in [6.45, 7) is 0.657. The molecule has 0 aromatic heterocycles. The molecule has 2 rings (SSSR count). The number of nitrogens with two attached hydrogens (primary N) is 1. The van der Waals surface area contributed by atoms with Crippen molar-refractivity contribution in [2.24, 2.45) is 0 Å². The molecule has 1 aromatic carbocycles. The number of nitrogen functional groups attached to an aromatic ring is 1. The first-order chi connectivity index (χ1) is 8.58. The zero-order valence-electron chi connectivity index (χ0n) is 9.70. The fraction of sp³-hybridized carbons (Fsp3) is 0.333. The monoisotopic (exact) mass is 267 g/mol. The van der Waals surface area contributed by atoms with Crippen LogP contribution in [0.1, 0.15) is 23.2 Å². The van der Waals surface area contributed by atoms with Crippen molar-refractivity contribution in [2.45, 2.75) is 18.9 Å². The second kappa shape index (κ2) is 5.27. The molecule has 0 aliphatic carbocycles. The molecular formula is C12H14ClN3O2. The Morgan fingerprint density at radius 1 is 1.50 bits per heavy atom. The predicted octanol–water partition coefficient (Wildman–Crippen LogP) is 0.931. The van der Waals surface area contributed by atoms with Crippen molar-refractivity contribution in [2.75, 3.05) is 12.3 Å². The molecule has 1 aliphatic rings. The highest BCUT2D eigenvalue weighted by molar-refractivity contribution is 6.31. The van der Waals surface area contributed by atoms with Crippen LogP contribution in [0, 0.1) is 0 Å². The van der Waals surface area contributed by atoms with E-state index >= 15 is 0 Å². The summed E-state index contributed by atoms with van der Waals surface area (Å²) in [5.41, 5.74) is 6.34. The summed E-state index contributed by atoms with van der Waals surface area (Å²) in [6, 6.07) is 4.18. The number of carbonyl (C=O) groups is 2. The molecular weight excluding hydrogens is 254 g/mol. The Kier molecular flexibility index (Phi) is 3.72. The van der Waals surface area contributed by atoms with Crippen molar-refractivity contribution in [1.82, 2.24) is 10.6 Å². The number of hydrogen-bond acceptors (Lipinski definition) is 3. The first-order valence-corrected chi connectivity index (χ1v) is 6.09.